The fourth-order valence-corrected chi connectivity index (χ4v) is 4.57. The number of carbonyl (C=O) groups is 2. The average Bonchev–Trinajstić information content (AvgIpc) is 3.26. The van der Waals surface area contributed by atoms with Crippen molar-refractivity contribution in [1.82, 2.24) is 4.90 Å². The second-order valence-electron chi connectivity index (χ2n) is 7.72. The number of nitrogens with zero attached hydrogens (tertiary/aromatic N) is 1. The molecule has 1 aromatic rings. The van der Waals surface area contributed by atoms with E-state index in [1.165, 1.54) is 12.1 Å². The first-order chi connectivity index (χ1) is 11.9. The summed E-state index contributed by atoms with van der Waals surface area (Å²) in [5, 5.41) is 9.49. The number of aliphatic carboxylic acids is 1. The highest BCUT2D eigenvalue weighted by Crippen LogP contribution is 2.49. The molecule has 1 aliphatic heterocycles. The largest absolute Gasteiger partial charge is 0.481 e. The molecule has 0 bridgehead atoms. The topological polar surface area (TPSA) is 57.6 Å². The van der Waals surface area contributed by atoms with Crippen LogP contribution in [-0.4, -0.2) is 35.0 Å². The molecule has 2 aliphatic carbocycles. The zero-order chi connectivity index (χ0) is 17.8. The lowest BCUT2D eigenvalue weighted by molar-refractivity contribution is -0.143. The van der Waals surface area contributed by atoms with Gasteiger partial charge in [0.05, 0.1) is 11.3 Å². The van der Waals surface area contributed by atoms with Crippen LogP contribution in [0.15, 0.2) is 18.2 Å². The Morgan fingerprint density at radius 1 is 1.16 bits per heavy atom. The van der Waals surface area contributed by atoms with Crippen LogP contribution in [0, 0.1) is 29.4 Å². The number of benzene rings is 1. The average molecular weight is 349 g/mol. The molecule has 2 atom stereocenters. The van der Waals surface area contributed by atoms with Gasteiger partial charge in [-0.05, 0) is 43.6 Å². The lowest BCUT2D eigenvalue weighted by atomic mass is 9.63. The zero-order valence-electron chi connectivity index (χ0n) is 13.9. The summed E-state index contributed by atoms with van der Waals surface area (Å²) in [5.74, 6) is -2.56. The van der Waals surface area contributed by atoms with Gasteiger partial charge in [-0.1, -0.05) is 12.5 Å². The van der Waals surface area contributed by atoms with Gasteiger partial charge in [0.15, 0.2) is 0 Å². The van der Waals surface area contributed by atoms with E-state index in [-0.39, 0.29) is 23.9 Å². The lowest BCUT2D eigenvalue weighted by Crippen LogP contribution is -2.51. The molecule has 134 valence electrons. The Kier molecular flexibility index (Phi) is 3.81. The highest BCUT2D eigenvalue weighted by molar-refractivity contribution is 5.90. The number of halogens is 2. The van der Waals surface area contributed by atoms with E-state index < -0.39 is 28.9 Å². The van der Waals surface area contributed by atoms with Crippen LogP contribution >= 0.6 is 0 Å². The molecule has 6 heteroatoms. The molecule has 3 fully saturated rings. The number of hydrogen-bond donors (Lipinski definition) is 1. The normalized spacial score (nSPS) is 27.8. The van der Waals surface area contributed by atoms with Gasteiger partial charge in [0, 0.05) is 24.7 Å². The molecule has 4 nitrogen and oxygen atoms in total. The minimum absolute atomic E-state index is 0.00311. The summed E-state index contributed by atoms with van der Waals surface area (Å²) in [6, 6.07) is 3.37. The second-order valence-corrected chi connectivity index (χ2v) is 7.72. The molecule has 3 aliphatic rings. The van der Waals surface area contributed by atoms with Crippen LogP contribution in [0.2, 0.25) is 0 Å². The summed E-state index contributed by atoms with van der Waals surface area (Å²) in [7, 11) is 0. The number of hydrogen-bond acceptors (Lipinski definition) is 2. The SMILES string of the molecule is O=C(O)[C@H]1CN(C(=O)C2(c3ccc(F)cc3F)CCC2)C[C@@H]1C1CC1. The van der Waals surface area contributed by atoms with E-state index in [0.29, 0.717) is 25.3 Å². The first-order valence-electron chi connectivity index (χ1n) is 8.90. The Hall–Kier alpha value is -1.98. The van der Waals surface area contributed by atoms with E-state index in [2.05, 4.69) is 0 Å². The third-order valence-corrected chi connectivity index (χ3v) is 6.26. The molecular formula is C19H21F2NO3. The van der Waals surface area contributed by atoms with Gasteiger partial charge < -0.3 is 10.0 Å². The number of likely N-dealkylation sites (tertiary alicyclic amines) is 1. The van der Waals surface area contributed by atoms with Crippen molar-refractivity contribution >= 4 is 11.9 Å². The van der Waals surface area contributed by atoms with Gasteiger partial charge in [-0.3, -0.25) is 9.59 Å². The van der Waals surface area contributed by atoms with E-state index in [1.54, 1.807) is 4.90 Å². The molecule has 0 aromatic heterocycles. The number of carboxylic acids is 1. The van der Waals surface area contributed by atoms with Gasteiger partial charge in [0.2, 0.25) is 5.91 Å². The van der Waals surface area contributed by atoms with Crippen LogP contribution in [0.5, 0.6) is 0 Å². The molecule has 0 spiro atoms. The quantitative estimate of drug-likeness (QED) is 0.909. The molecule has 0 unspecified atom stereocenters. The standard InChI is InChI=1S/C19H21F2NO3/c20-12-4-5-15(16(21)8-12)19(6-1-7-19)18(25)22-9-13(11-2-3-11)14(10-22)17(23)24/h4-5,8,11,13-14H,1-3,6-7,9-10H2,(H,23,24)/t13-,14+/m1/s1. The molecule has 1 amide bonds. The minimum atomic E-state index is -0.959. The van der Waals surface area contributed by atoms with Crippen molar-refractivity contribution in [2.75, 3.05) is 13.1 Å². The molecule has 1 saturated heterocycles. The molecule has 1 N–H and O–H groups in total. The third-order valence-electron chi connectivity index (χ3n) is 6.26. The predicted molar refractivity (Wildman–Crippen MR) is 85.8 cm³/mol. The van der Waals surface area contributed by atoms with Crippen LogP contribution in [-0.2, 0) is 15.0 Å². The highest BCUT2D eigenvalue weighted by Gasteiger charge is 2.53. The van der Waals surface area contributed by atoms with Gasteiger partial charge in [0.1, 0.15) is 11.6 Å². The Labute approximate surface area is 144 Å². The second kappa shape index (κ2) is 5.78. The molecule has 0 radical (unpaired) electrons. The Balaban J connectivity index is 1.61. The van der Waals surface area contributed by atoms with Crippen molar-refractivity contribution in [3.8, 4) is 0 Å². The van der Waals surface area contributed by atoms with Crippen molar-refractivity contribution < 1.29 is 23.5 Å². The van der Waals surface area contributed by atoms with Crippen molar-refractivity contribution in [3.05, 3.63) is 35.4 Å². The van der Waals surface area contributed by atoms with Gasteiger partial charge in [-0.2, -0.15) is 0 Å². The third kappa shape index (κ3) is 2.62. The number of carboxylic acid groups (broad SMARTS) is 1. The smallest absolute Gasteiger partial charge is 0.308 e. The maximum absolute atomic E-state index is 14.3. The van der Waals surface area contributed by atoms with E-state index in [4.69, 9.17) is 0 Å². The Morgan fingerprint density at radius 2 is 1.88 bits per heavy atom. The number of amides is 1. The molecule has 2 saturated carbocycles. The fraction of sp³-hybridized carbons (Fsp3) is 0.579. The molecule has 1 heterocycles. The van der Waals surface area contributed by atoms with Crippen LogP contribution in [0.1, 0.15) is 37.7 Å². The summed E-state index contributed by atoms with van der Waals surface area (Å²) in [6.45, 7) is 0.630. The van der Waals surface area contributed by atoms with E-state index in [1.807, 2.05) is 0 Å². The highest BCUT2D eigenvalue weighted by atomic mass is 19.1. The molecule has 4 rings (SSSR count). The van der Waals surface area contributed by atoms with Crippen LogP contribution in [0.3, 0.4) is 0 Å². The fourth-order valence-electron chi connectivity index (χ4n) is 4.57. The van der Waals surface area contributed by atoms with E-state index >= 15 is 0 Å². The molecular weight excluding hydrogens is 328 g/mol. The lowest BCUT2D eigenvalue weighted by Gasteiger charge is -2.43. The molecule has 25 heavy (non-hydrogen) atoms. The van der Waals surface area contributed by atoms with Gasteiger partial charge in [-0.15, -0.1) is 0 Å². The van der Waals surface area contributed by atoms with Gasteiger partial charge >= 0.3 is 5.97 Å². The molecule has 1 aromatic carbocycles. The number of carbonyl (C=O) groups excluding carboxylic acids is 1. The van der Waals surface area contributed by atoms with Crippen molar-refractivity contribution in [1.29, 1.82) is 0 Å². The maximum atomic E-state index is 14.3. The summed E-state index contributed by atoms with van der Waals surface area (Å²) in [6.07, 6.45) is 3.90. The van der Waals surface area contributed by atoms with Crippen molar-refractivity contribution in [3.63, 3.8) is 0 Å². The van der Waals surface area contributed by atoms with Crippen LogP contribution < -0.4 is 0 Å². The first kappa shape index (κ1) is 16.5. The Bertz CT molecular complexity index is 727. The van der Waals surface area contributed by atoms with Crippen molar-refractivity contribution in [2.24, 2.45) is 17.8 Å². The van der Waals surface area contributed by atoms with E-state index in [9.17, 15) is 23.5 Å². The monoisotopic (exact) mass is 349 g/mol. The summed E-state index contributed by atoms with van der Waals surface area (Å²) in [4.78, 5) is 26.4. The number of rotatable bonds is 4. The summed E-state index contributed by atoms with van der Waals surface area (Å²) in [5.41, 5.74) is -0.717. The van der Waals surface area contributed by atoms with Crippen LogP contribution in [0.4, 0.5) is 8.78 Å². The minimum Gasteiger partial charge on any atom is -0.481 e. The van der Waals surface area contributed by atoms with Gasteiger partial charge in [0.25, 0.3) is 0 Å². The Morgan fingerprint density at radius 3 is 2.40 bits per heavy atom. The van der Waals surface area contributed by atoms with Gasteiger partial charge in [-0.25, -0.2) is 8.78 Å². The van der Waals surface area contributed by atoms with Crippen LogP contribution in [0.25, 0.3) is 0 Å². The predicted octanol–water partition coefficient (Wildman–Crippen LogP) is 2.96. The summed E-state index contributed by atoms with van der Waals surface area (Å²) < 4.78 is 27.6. The summed E-state index contributed by atoms with van der Waals surface area (Å²) >= 11 is 0. The maximum Gasteiger partial charge on any atom is 0.308 e. The van der Waals surface area contributed by atoms with Crippen molar-refractivity contribution in [2.45, 2.75) is 37.5 Å². The zero-order valence-corrected chi connectivity index (χ0v) is 13.9. The van der Waals surface area contributed by atoms with E-state index in [0.717, 1.165) is 25.3 Å². The first-order valence-corrected chi connectivity index (χ1v) is 8.90.